The number of hydrogen-bond donors (Lipinski definition) is 0. The van der Waals surface area contributed by atoms with Gasteiger partial charge in [0, 0.05) is 27.4 Å². The van der Waals surface area contributed by atoms with E-state index in [1.54, 1.807) is 14.2 Å². The first kappa shape index (κ1) is 9.92. The first-order chi connectivity index (χ1) is 4.81. The molecular formula is C8H18O2. The highest BCUT2D eigenvalue weighted by Crippen LogP contribution is 2.11. The van der Waals surface area contributed by atoms with E-state index in [-0.39, 0.29) is 0 Å². The minimum absolute atomic E-state index is 0.911. The van der Waals surface area contributed by atoms with Gasteiger partial charge in [0.25, 0.3) is 0 Å². The molecule has 62 valence electrons. The Labute approximate surface area is 63.5 Å². The number of rotatable bonds is 0. The van der Waals surface area contributed by atoms with Crippen LogP contribution in [0.5, 0.6) is 0 Å². The fourth-order valence-electron chi connectivity index (χ4n) is 0.815. The van der Waals surface area contributed by atoms with Crippen molar-refractivity contribution in [2.45, 2.75) is 19.8 Å². The Morgan fingerprint density at radius 1 is 1.20 bits per heavy atom. The summed E-state index contributed by atoms with van der Waals surface area (Å²) in [5, 5.41) is 0. The standard InChI is InChI=1S/C6H12O.C2H6O/c1-6-2-4-7-5-3-6;1-3-2/h6H,2-5H2,1H3;1-2H3. The van der Waals surface area contributed by atoms with Crippen LogP contribution in [0.25, 0.3) is 0 Å². The summed E-state index contributed by atoms with van der Waals surface area (Å²) in [6.45, 7) is 4.25. The van der Waals surface area contributed by atoms with E-state index in [1.807, 2.05) is 0 Å². The largest absolute Gasteiger partial charge is 0.388 e. The fourth-order valence-corrected chi connectivity index (χ4v) is 0.815. The van der Waals surface area contributed by atoms with Crippen LogP contribution in [0.3, 0.4) is 0 Å². The van der Waals surface area contributed by atoms with Crippen LogP contribution in [0.2, 0.25) is 0 Å². The van der Waals surface area contributed by atoms with E-state index in [9.17, 15) is 0 Å². The van der Waals surface area contributed by atoms with E-state index in [0.29, 0.717) is 0 Å². The molecule has 0 N–H and O–H groups in total. The molecule has 0 aromatic rings. The third-order valence-corrected chi connectivity index (χ3v) is 1.51. The predicted molar refractivity (Wildman–Crippen MR) is 42.2 cm³/mol. The van der Waals surface area contributed by atoms with Crippen molar-refractivity contribution < 1.29 is 9.47 Å². The quantitative estimate of drug-likeness (QED) is 0.518. The Kier molecular flexibility index (Phi) is 6.98. The van der Waals surface area contributed by atoms with Gasteiger partial charge in [0.2, 0.25) is 0 Å². The molecule has 0 saturated carbocycles. The molecule has 0 unspecified atom stereocenters. The molecule has 0 aromatic heterocycles. The van der Waals surface area contributed by atoms with E-state index in [4.69, 9.17) is 4.74 Å². The summed E-state index contributed by atoms with van der Waals surface area (Å²) in [4.78, 5) is 0. The third kappa shape index (κ3) is 6.05. The zero-order chi connectivity index (χ0) is 7.82. The molecule has 0 radical (unpaired) electrons. The molecule has 1 fully saturated rings. The second-order valence-electron chi connectivity index (χ2n) is 2.70. The summed E-state index contributed by atoms with van der Waals surface area (Å²) in [6, 6.07) is 0. The van der Waals surface area contributed by atoms with Gasteiger partial charge in [0.1, 0.15) is 0 Å². The van der Waals surface area contributed by atoms with Gasteiger partial charge in [0.15, 0.2) is 0 Å². The smallest absolute Gasteiger partial charge is 0.0468 e. The number of methoxy groups -OCH3 is 1. The average molecular weight is 146 g/mol. The highest BCUT2D eigenvalue weighted by molar-refractivity contribution is 4.55. The first-order valence-corrected chi connectivity index (χ1v) is 3.79. The lowest BCUT2D eigenvalue weighted by molar-refractivity contribution is 0.0716. The van der Waals surface area contributed by atoms with Gasteiger partial charge in [0.05, 0.1) is 0 Å². The molecule has 2 nitrogen and oxygen atoms in total. The van der Waals surface area contributed by atoms with Gasteiger partial charge in [-0.1, -0.05) is 6.92 Å². The van der Waals surface area contributed by atoms with Crippen LogP contribution in [0.1, 0.15) is 19.8 Å². The van der Waals surface area contributed by atoms with Gasteiger partial charge in [-0.3, -0.25) is 0 Å². The van der Waals surface area contributed by atoms with E-state index < -0.39 is 0 Å². The van der Waals surface area contributed by atoms with Crippen molar-refractivity contribution in [3.8, 4) is 0 Å². The lowest BCUT2D eigenvalue weighted by Gasteiger charge is -2.16. The van der Waals surface area contributed by atoms with Crippen LogP contribution >= 0.6 is 0 Å². The first-order valence-electron chi connectivity index (χ1n) is 3.79. The zero-order valence-electron chi connectivity index (χ0n) is 7.22. The van der Waals surface area contributed by atoms with Crippen molar-refractivity contribution in [3.05, 3.63) is 0 Å². The van der Waals surface area contributed by atoms with E-state index >= 15 is 0 Å². The zero-order valence-corrected chi connectivity index (χ0v) is 7.22. The van der Waals surface area contributed by atoms with E-state index in [0.717, 1.165) is 19.1 Å². The van der Waals surface area contributed by atoms with Crippen molar-refractivity contribution in [1.82, 2.24) is 0 Å². The Hall–Kier alpha value is -0.0800. The normalized spacial score (nSPS) is 19.5. The SMILES string of the molecule is CC1CCOCC1.COC. The van der Waals surface area contributed by atoms with Crippen molar-refractivity contribution in [1.29, 1.82) is 0 Å². The second-order valence-corrected chi connectivity index (χ2v) is 2.70. The molecule has 0 aromatic carbocycles. The Bertz CT molecular complexity index is 58.3. The van der Waals surface area contributed by atoms with Crippen LogP contribution < -0.4 is 0 Å². The molecule has 0 aliphatic carbocycles. The lowest BCUT2D eigenvalue weighted by Crippen LogP contribution is -2.12. The highest BCUT2D eigenvalue weighted by atomic mass is 16.5. The summed E-state index contributed by atoms with van der Waals surface area (Å²) in [5.74, 6) is 0.911. The molecule has 1 aliphatic heterocycles. The number of hydrogen-bond acceptors (Lipinski definition) is 2. The van der Waals surface area contributed by atoms with Crippen LogP contribution in [0.4, 0.5) is 0 Å². The van der Waals surface area contributed by atoms with Crippen molar-refractivity contribution in [2.75, 3.05) is 27.4 Å². The van der Waals surface area contributed by atoms with E-state index in [2.05, 4.69) is 11.7 Å². The monoisotopic (exact) mass is 146 g/mol. The van der Waals surface area contributed by atoms with Crippen molar-refractivity contribution >= 4 is 0 Å². The summed E-state index contributed by atoms with van der Waals surface area (Å²) < 4.78 is 9.39. The van der Waals surface area contributed by atoms with Crippen LogP contribution in [-0.4, -0.2) is 27.4 Å². The maximum absolute atomic E-state index is 5.14. The molecule has 1 saturated heterocycles. The van der Waals surface area contributed by atoms with E-state index in [1.165, 1.54) is 12.8 Å². The van der Waals surface area contributed by atoms with Gasteiger partial charge in [-0.15, -0.1) is 0 Å². The molecular weight excluding hydrogens is 128 g/mol. The molecule has 0 bridgehead atoms. The van der Waals surface area contributed by atoms with Crippen molar-refractivity contribution in [3.63, 3.8) is 0 Å². The molecule has 1 aliphatic rings. The highest BCUT2D eigenvalue weighted by Gasteiger charge is 2.06. The fraction of sp³-hybridized carbons (Fsp3) is 1.00. The maximum atomic E-state index is 5.14. The second kappa shape index (κ2) is 7.03. The summed E-state index contributed by atoms with van der Waals surface area (Å²) in [7, 11) is 3.25. The minimum atomic E-state index is 0.911. The molecule has 2 heteroatoms. The molecule has 1 heterocycles. The summed E-state index contributed by atoms with van der Waals surface area (Å²) in [5.41, 5.74) is 0. The third-order valence-electron chi connectivity index (χ3n) is 1.51. The lowest BCUT2D eigenvalue weighted by atomic mass is 10.0. The van der Waals surface area contributed by atoms with Gasteiger partial charge in [-0.25, -0.2) is 0 Å². The molecule has 1 rings (SSSR count). The van der Waals surface area contributed by atoms with Crippen molar-refractivity contribution in [2.24, 2.45) is 5.92 Å². The topological polar surface area (TPSA) is 18.5 Å². The number of ether oxygens (including phenoxy) is 2. The minimum Gasteiger partial charge on any atom is -0.388 e. The van der Waals surface area contributed by atoms with Gasteiger partial charge >= 0.3 is 0 Å². The Morgan fingerprint density at radius 2 is 1.60 bits per heavy atom. The van der Waals surface area contributed by atoms with Gasteiger partial charge in [-0.05, 0) is 18.8 Å². The average Bonchev–Trinajstić information content (AvgIpc) is 1.91. The Balaban J connectivity index is 0.000000236. The molecule has 10 heavy (non-hydrogen) atoms. The van der Waals surface area contributed by atoms with Crippen LogP contribution in [-0.2, 0) is 9.47 Å². The maximum Gasteiger partial charge on any atom is 0.0468 e. The van der Waals surface area contributed by atoms with Gasteiger partial charge in [-0.2, -0.15) is 0 Å². The predicted octanol–water partition coefficient (Wildman–Crippen LogP) is 1.70. The van der Waals surface area contributed by atoms with Crippen LogP contribution in [0.15, 0.2) is 0 Å². The Morgan fingerprint density at radius 3 is 1.80 bits per heavy atom. The molecule has 0 spiro atoms. The summed E-state index contributed by atoms with van der Waals surface area (Å²) in [6.07, 6.45) is 2.53. The molecule has 0 amide bonds. The van der Waals surface area contributed by atoms with Gasteiger partial charge < -0.3 is 9.47 Å². The summed E-state index contributed by atoms with van der Waals surface area (Å²) >= 11 is 0. The van der Waals surface area contributed by atoms with Crippen LogP contribution in [0, 0.1) is 5.92 Å². The molecule has 0 atom stereocenters.